The second-order valence-corrected chi connectivity index (χ2v) is 12.8. The predicted molar refractivity (Wildman–Crippen MR) is 59.2 cm³/mol. The van der Waals surface area contributed by atoms with Gasteiger partial charge >= 0.3 is 6.00 Å². The van der Waals surface area contributed by atoms with Crippen LogP contribution in [0.25, 0.3) is 0 Å². The van der Waals surface area contributed by atoms with E-state index in [0.717, 1.165) is 0 Å². The molecular weight excluding hydrogens is 231 g/mol. The van der Waals surface area contributed by atoms with E-state index in [0.29, 0.717) is 17.4 Å². The molecule has 0 nitrogen and oxygen atoms in total. The molecule has 0 heterocycles. The summed E-state index contributed by atoms with van der Waals surface area (Å²) in [7, 11) is 0. The van der Waals surface area contributed by atoms with E-state index in [4.69, 9.17) is 33.2 Å². The van der Waals surface area contributed by atoms with Crippen LogP contribution < -0.4 is 0 Å². The smallest absolute Gasteiger partial charge is 0.126 e. The molecule has 2 unspecified atom stereocenters. The molecule has 0 amide bonds. The van der Waals surface area contributed by atoms with Gasteiger partial charge in [0, 0.05) is 0 Å². The minimum absolute atomic E-state index is 0.372. The lowest BCUT2D eigenvalue weighted by molar-refractivity contribution is 0.299. The van der Waals surface area contributed by atoms with E-state index in [1.807, 2.05) is 0 Å². The second-order valence-electron chi connectivity index (χ2n) is 3.95. The summed E-state index contributed by atoms with van der Waals surface area (Å²) >= 11 is 18.2. The van der Waals surface area contributed by atoms with E-state index in [1.165, 1.54) is 19.3 Å². The van der Waals surface area contributed by atoms with Crippen molar-refractivity contribution in [1.29, 1.82) is 0 Å². The third-order valence-corrected chi connectivity index (χ3v) is 7.08. The largest absolute Gasteiger partial charge is 0.344 e. The number of rotatable bonds is 1. The van der Waals surface area contributed by atoms with Gasteiger partial charge in [0.2, 0.25) is 0 Å². The van der Waals surface area contributed by atoms with Gasteiger partial charge in [-0.05, 0) is 17.4 Å². The second kappa shape index (κ2) is 4.08. The maximum atomic E-state index is 6.07. The van der Waals surface area contributed by atoms with E-state index in [9.17, 15) is 0 Å². The fraction of sp³-hybridized carbons (Fsp3) is 1.00. The molecule has 0 bridgehead atoms. The van der Waals surface area contributed by atoms with Crippen LogP contribution in [-0.2, 0) is 0 Å². The van der Waals surface area contributed by atoms with Crippen molar-refractivity contribution in [3.8, 4) is 0 Å². The Bertz CT molecular complexity index is 145. The summed E-state index contributed by atoms with van der Waals surface area (Å²) < 4.78 is 0. The quantitative estimate of drug-likeness (QED) is 0.472. The highest BCUT2D eigenvalue weighted by molar-refractivity contribution is 7.65. The summed E-state index contributed by atoms with van der Waals surface area (Å²) in [5, 5.41) is 0. The van der Waals surface area contributed by atoms with Crippen LogP contribution in [0, 0.1) is 11.8 Å². The van der Waals surface area contributed by atoms with Crippen LogP contribution in [-0.4, -0.2) is 6.00 Å². The minimum atomic E-state index is -2.47. The Balaban J connectivity index is 2.69. The van der Waals surface area contributed by atoms with Crippen molar-refractivity contribution >= 4 is 39.2 Å². The molecule has 1 rings (SSSR count). The van der Waals surface area contributed by atoms with Gasteiger partial charge in [0.15, 0.2) is 0 Å². The van der Waals surface area contributed by atoms with Crippen molar-refractivity contribution in [1.82, 2.24) is 0 Å². The number of hydrogen-bond acceptors (Lipinski definition) is 0. The summed E-state index contributed by atoms with van der Waals surface area (Å²) in [6.45, 7) is 4.43. The van der Waals surface area contributed by atoms with Crippen molar-refractivity contribution in [2.75, 3.05) is 0 Å². The molecule has 12 heavy (non-hydrogen) atoms. The van der Waals surface area contributed by atoms with Gasteiger partial charge in [-0.15, -0.1) is 33.2 Å². The monoisotopic (exact) mass is 244 g/mol. The van der Waals surface area contributed by atoms with Gasteiger partial charge in [-0.2, -0.15) is 0 Å². The first-order valence-electron chi connectivity index (χ1n) is 4.49. The molecule has 4 heteroatoms. The Kier molecular flexibility index (Phi) is 3.79. The Hall–Kier alpha value is 1.09. The SMILES string of the molecule is CC1CCCC(C)C1[Si](Cl)(Cl)Cl. The van der Waals surface area contributed by atoms with Gasteiger partial charge in [-0.25, -0.2) is 0 Å². The van der Waals surface area contributed by atoms with E-state index in [2.05, 4.69) is 13.8 Å². The van der Waals surface area contributed by atoms with Crippen molar-refractivity contribution in [2.24, 2.45) is 11.8 Å². The van der Waals surface area contributed by atoms with Crippen LogP contribution in [0.3, 0.4) is 0 Å². The Morgan fingerprint density at radius 1 is 1.00 bits per heavy atom. The summed E-state index contributed by atoms with van der Waals surface area (Å²) in [4.78, 5) is 0. The minimum Gasteiger partial charge on any atom is -0.126 e. The van der Waals surface area contributed by atoms with E-state index < -0.39 is 6.00 Å². The van der Waals surface area contributed by atoms with Crippen LogP contribution in [0.5, 0.6) is 0 Å². The molecule has 0 aromatic heterocycles. The van der Waals surface area contributed by atoms with E-state index >= 15 is 0 Å². The lowest BCUT2D eigenvalue weighted by Crippen LogP contribution is -2.33. The molecule has 0 N–H and O–H groups in total. The predicted octanol–water partition coefficient (Wildman–Crippen LogP) is 4.47. The Labute approximate surface area is 89.7 Å². The maximum Gasteiger partial charge on any atom is 0.344 e. The van der Waals surface area contributed by atoms with Gasteiger partial charge < -0.3 is 0 Å². The molecule has 1 fully saturated rings. The third-order valence-electron chi connectivity index (χ3n) is 2.92. The van der Waals surface area contributed by atoms with E-state index in [1.54, 1.807) is 0 Å². The molecule has 72 valence electrons. The molecule has 0 radical (unpaired) electrons. The molecule has 1 saturated carbocycles. The average Bonchev–Trinajstić information content (AvgIpc) is 1.82. The summed E-state index contributed by atoms with van der Waals surface area (Å²) in [5.74, 6) is 1.21. The molecular formula is C8H15Cl3Si. The molecule has 1 aliphatic rings. The van der Waals surface area contributed by atoms with Crippen LogP contribution in [0.15, 0.2) is 0 Å². The maximum absolute atomic E-state index is 6.07. The summed E-state index contributed by atoms with van der Waals surface area (Å²) in [6.07, 6.45) is 3.76. The zero-order valence-electron chi connectivity index (χ0n) is 7.49. The molecule has 1 aliphatic carbocycles. The highest BCUT2D eigenvalue weighted by atomic mass is 35.8. The molecule has 0 aromatic carbocycles. The summed E-state index contributed by atoms with van der Waals surface area (Å²) in [6, 6.07) is -2.47. The highest BCUT2D eigenvalue weighted by Crippen LogP contribution is 2.49. The Morgan fingerprint density at radius 2 is 1.42 bits per heavy atom. The third kappa shape index (κ3) is 2.54. The zero-order valence-corrected chi connectivity index (χ0v) is 10.8. The van der Waals surface area contributed by atoms with E-state index in [-0.39, 0.29) is 0 Å². The van der Waals surface area contributed by atoms with Crippen molar-refractivity contribution in [2.45, 2.75) is 38.7 Å². The van der Waals surface area contributed by atoms with Crippen molar-refractivity contribution in [3.05, 3.63) is 0 Å². The van der Waals surface area contributed by atoms with Crippen molar-refractivity contribution < 1.29 is 0 Å². The summed E-state index contributed by atoms with van der Waals surface area (Å²) in [5.41, 5.74) is 0.372. The van der Waals surface area contributed by atoms with Crippen LogP contribution >= 0.6 is 33.2 Å². The molecule has 2 atom stereocenters. The van der Waals surface area contributed by atoms with Crippen LogP contribution in [0.1, 0.15) is 33.1 Å². The number of halogens is 3. The van der Waals surface area contributed by atoms with Crippen LogP contribution in [0.4, 0.5) is 0 Å². The first-order chi connectivity index (χ1) is 5.43. The van der Waals surface area contributed by atoms with Crippen molar-refractivity contribution in [3.63, 3.8) is 0 Å². The van der Waals surface area contributed by atoms with Gasteiger partial charge in [-0.1, -0.05) is 33.1 Å². The lowest BCUT2D eigenvalue weighted by atomic mass is 9.83. The van der Waals surface area contributed by atoms with Crippen LogP contribution in [0.2, 0.25) is 5.54 Å². The molecule has 0 saturated heterocycles. The molecule has 0 spiro atoms. The average molecular weight is 246 g/mol. The zero-order chi connectivity index (χ0) is 9.35. The molecule has 0 aliphatic heterocycles. The fourth-order valence-corrected chi connectivity index (χ4v) is 7.82. The first-order valence-corrected chi connectivity index (χ1v) is 9.61. The highest BCUT2D eigenvalue weighted by Gasteiger charge is 2.44. The van der Waals surface area contributed by atoms with Gasteiger partial charge in [0.1, 0.15) is 0 Å². The topological polar surface area (TPSA) is 0 Å². The molecule has 0 aromatic rings. The fourth-order valence-electron chi connectivity index (χ4n) is 2.33. The van der Waals surface area contributed by atoms with Gasteiger partial charge in [-0.3, -0.25) is 0 Å². The normalized spacial score (nSPS) is 38.2. The van der Waals surface area contributed by atoms with Gasteiger partial charge in [0.25, 0.3) is 0 Å². The van der Waals surface area contributed by atoms with Gasteiger partial charge in [0.05, 0.1) is 0 Å². The first kappa shape index (κ1) is 11.2. The Morgan fingerprint density at radius 3 is 1.67 bits per heavy atom. The lowest BCUT2D eigenvalue weighted by Gasteiger charge is -2.37. The standard InChI is InChI=1S/C8H15Cl3Si/c1-6-4-3-5-7(2)8(6)12(9,10)11/h6-8H,3-5H2,1-2H3. The number of hydrogen-bond donors (Lipinski definition) is 0.